The van der Waals surface area contributed by atoms with Gasteiger partial charge in [0.05, 0.1) is 0 Å². The van der Waals surface area contributed by atoms with Crippen LogP contribution in [0.4, 0.5) is 0 Å². The Hall–Kier alpha value is -1.29. The summed E-state index contributed by atoms with van der Waals surface area (Å²) < 4.78 is 4.49. The third-order valence-electron chi connectivity index (χ3n) is 3.44. The molecule has 1 aromatic rings. The molecular formula is C17H22O3S. The van der Waals surface area contributed by atoms with E-state index in [-0.39, 0.29) is 11.8 Å². The molecule has 1 aromatic carbocycles. The molecule has 0 radical (unpaired) electrons. The molecule has 0 spiro atoms. The Bertz CT molecular complexity index is 519. The largest absolute Gasteiger partial charge is 0.459 e. The summed E-state index contributed by atoms with van der Waals surface area (Å²) in [5.41, 5.74) is 0.547. The first-order chi connectivity index (χ1) is 9.83. The molecule has 0 unspecified atom stereocenters. The Balaban J connectivity index is 2.14. The number of carbonyl (C=O) groups excluding carboxylic acids is 2. The Labute approximate surface area is 130 Å². The molecule has 0 heterocycles. The van der Waals surface area contributed by atoms with Gasteiger partial charge in [0.25, 0.3) is 0 Å². The Morgan fingerprint density at radius 2 is 1.95 bits per heavy atom. The lowest BCUT2D eigenvalue weighted by atomic mass is 10.1. The van der Waals surface area contributed by atoms with Gasteiger partial charge in [0.15, 0.2) is 10.5 Å². The van der Waals surface area contributed by atoms with Crippen LogP contribution >= 0.6 is 11.8 Å². The van der Waals surface area contributed by atoms with E-state index >= 15 is 0 Å². The van der Waals surface area contributed by atoms with Crippen molar-refractivity contribution in [3.05, 3.63) is 35.9 Å². The maximum atomic E-state index is 12.6. The summed E-state index contributed by atoms with van der Waals surface area (Å²) in [5.74, 6) is 0.280. The van der Waals surface area contributed by atoms with E-state index < -0.39 is 10.3 Å². The molecule has 21 heavy (non-hydrogen) atoms. The van der Waals surface area contributed by atoms with Crippen molar-refractivity contribution in [3.63, 3.8) is 0 Å². The van der Waals surface area contributed by atoms with E-state index in [0.29, 0.717) is 18.6 Å². The van der Waals surface area contributed by atoms with Crippen LogP contribution in [0.5, 0.6) is 0 Å². The number of rotatable bonds is 4. The maximum absolute atomic E-state index is 12.6. The minimum absolute atomic E-state index is 0.0117. The topological polar surface area (TPSA) is 43.4 Å². The lowest BCUT2D eigenvalue weighted by Crippen LogP contribution is -2.44. The highest BCUT2D eigenvalue weighted by atomic mass is 32.2. The van der Waals surface area contributed by atoms with Crippen molar-refractivity contribution in [1.29, 1.82) is 0 Å². The second kappa shape index (κ2) is 6.22. The molecule has 1 aliphatic carbocycles. The second-order valence-corrected chi connectivity index (χ2v) is 7.65. The first-order valence-corrected chi connectivity index (χ1v) is 8.27. The first-order valence-electron chi connectivity index (χ1n) is 7.28. The summed E-state index contributed by atoms with van der Waals surface area (Å²) in [5, 5.41) is 0. The van der Waals surface area contributed by atoms with Crippen molar-refractivity contribution >= 4 is 23.5 Å². The van der Waals surface area contributed by atoms with Gasteiger partial charge in [-0.05, 0) is 39.2 Å². The smallest absolute Gasteiger partial charge is 0.330 e. The van der Waals surface area contributed by atoms with Gasteiger partial charge in [-0.3, -0.25) is 9.59 Å². The molecule has 0 N–H and O–H groups in total. The third kappa shape index (κ3) is 3.88. The van der Waals surface area contributed by atoms with Crippen molar-refractivity contribution in [2.24, 2.45) is 0 Å². The monoisotopic (exact) mass is 306 g/mol. The number of hydrogen-bond donors (Lipinski definition) is 0. The van der Waals surface area contributed by atoms with Crippen LogP contribution < -0.4 is 0 Å². The Morgan fingerprint density at radius 1 is 1.29 bits per heavy atom. The van der Waals surface area contributed by atoms with Gasteiger partial charge in [0, 0.05) is 12.2 Å². The van der Waals surface area contributed by atoms with Gasteiger partial charge in [0.1, 0.15) is 5.60 Å². The van der Waals surface area contributed by atoms with Crippen molar-refractivity contribution in [3.8, 4) is 0 Å². The highest BCUT2D eigenvalue weighted by Crippen LogP contribution is 2.42. The molecule has 0 saturated heterocycles. The lowest BCUT2D eigenvalue weighted by molar-refractivity contribution is -0.159. The van der Waals surface area contributed by atoms with E-state index in [1.807, 2.05) is 51.1 Å². The average molecular weight is 306 g/mol. The number of thioether (sulfide) groups is 1. The molecule has 0 bridgehead atoms. The molecule has 1 atom stereocenters. The minimum Gasteiger partial charge on any atom is -0.459 e. The number of carbonyl (C=O) groups is 2. The van der Waals surface area contributed by atoms with Crippen LogP contribution in [0.2, 0.25) is 0 Å². The predicted molar refractivity (Wildman–Crippen MR) is 85.2 cm³/mol. The van der Waals surface area contributed by atoms with Gasteiger partial charge >= 0.3 is 5.97 Å². The summed E-state index contributed by atoms with van der Waals surface area (Å²) >= 11 is 1.42. The third-order valence-corrected chi connectivity index (χ3v) is 5.01. The fourth-order valence-electron chi connectivity index (χ4n) is 2.41. The standard InChI is InChI=1S/C17H22O3S/c1-16(2,3)20-15(19)17(11-7-10-14(17)18)21-12-13-8-5-4-6-9-13/h4-6,8-9H,7,10-12H2,1-3H3/t17-/m1/s1. The lowest BCUT2D eigenvalue weighted by Gasteiger charge is -2.29. The first kappa shape index (κ1) is 16.1. The van der Waals surface area contributed by atoms with Gasteiger partial charge < -0.3 is 4.74 Å². The molecule has 1 aliphatic rings. The number of ether oxygens (including phenoxy) is 1. The number of esters is 1. The van der Waals surface area contributed by atoms with Crippen molar-refractivity contribution in [2.45, 2.75) is 56.1 Å². The van der Waals surface area contributed by atoms with Crippen LogP contribution in [0.1, 0.15) is 45.6 Å². The van der Waals surface area contributed by atoms with Crippen LogP contribution in [0, 0.1) is 0 Å². The quantitative estimate of drug-likeness (QED) is 0.627. The summed E-state index contributed by atoms with van der Waals surface area (Å²) in [6.07, 6.45) is 1.82. The van der Waals surface area contributed by atoms with Crippen molar-refractivity contribution < 1.29 is 14.3 Å². The van der Waals surface area contributed by atoms with Gasteiger partial charge in [-0.15, -0.1) is 11.8 Å². The van der Waals surface area contributed by atoms with E-state index in [1.165, 1.54) is 11.8 Å². The molecule has 4 heteroatoms. The van der Waals surface area contributed by atoms with E-state index in [1.54, 1.807) is 0 Å². The molecule has 1 saturated carbocycles. The van der Waals surface area contributed by atoms with E-state index in [4.69, 9.17) is 4.74 Å². The highest BCUT2D eigenvalue weighted by molar-refractivity contribution is 8.01. The normalized spacial score (nSPS) is 22.3. The SMILES string of the molecule is CC(C)(C)OC(=O)[C@@]1(SCc2ccccc2)CCCC1=O. The van der Waals surface area contributed by atoms with Crippen LogP contribution in [0.3, 0.4) is 0 Å². The zero-order valence-electron chi connectivity index (χ0n) is 12.8. The van der Waals surface area contributed by atoms with Gasteiger partial charge in [-0.2, -0.15) is 0 Å². The summed E-state index contributed by atoms with van der Waals surface area (Å²) in [7, 11) is 0. The Kier molecular flexibility index (Phi) is 4.77. The van der Waals surface area contributed by atoms with Crippen LogP contribution in [0.25, 0.3) is 0 Å². The molecule has 1 fully saturated rings. The van der Waals surface area contributed by atoms with Crippen molar-refractivity contribution in [2.75, 3.05) is 0 Å². The summed E-state index contributed by atoms with van der Waals surface area (Å²) in [6, 6.07) is 9.90. The van der Waals surface area contributed by atoms with E-state index in [0.717, 1.165) is 12.0 Å². The molecular weight excluding hydrogens is 284 g/mol. The minimum atomic E-state index is -1.01. The highest BCUT2D eigenvalue weighted by Gasteiger charge is 2.51. The number of ketones is 1. The Morgan fingerprint density at radius 3 is 2.48 bits per heavy atom. The van der Waals surface area contributed by atoms with Crippen molar-refractivity contribution in [1.82, 2.24) is 0 Å². The fraction of sp³-hybridized carbons (Fsp3) is 0.529. The second-order valence-electron chi connectivity index (χ2n) is 6.38. The van der Waals surface area contributed by atoms with Gasteiger partial charge in [-0.25, -0.2) is 0 Å². The number of hydrogen-bond acceptors (Lipinski definition) is 4. The summed E-state index contributed by atoms with van der Waals surface area (Å²) in [6.45, 7) is 5.50. The van der Waals surface area contributed by atoms with E-state index in [9.17, 15) is 9.59 Å². The van der Waals surface area contributed by atoms with Crippen LogP contribution in [0.15, 0.2) is 30.3 Å². The fourth-order valence-corrected chi connectivity index (χ4v) is 3.72. The zero-order valence-corrected chi connectivity index (χ0v) is 13.7. The van der Waals surface area contributed by atoms with Crippen LogP contribution in [-0.4, -0.2) is 22.1 Å². The summed E-state index contributed by atoms with van der Waals surface area (Å²) in [4.78, 5) is 24.9. The van der Waals surface area contributed by atoms with Gasteiger partial charge in [-0.1, -0.05) is 30.3 Å². The number of Topliss-reactive ketones (excluding diaryl/α,β-unsaturated/α-hetero) is 1. The number of benzene rings is 1. The molecule has 0 amide bonds. The van der Waals surface area contributed by atoms with Gasteiger partial charge in [0.2, 0.25) is 0 Å². The predicted octanol–water partition coefficient (Wildman–Crippen LogP) is 3.75. The molecule has 114 valence electrons. The zero-order chi connectivity index (χ0) is 15.5. The van der Waals surface area contributed by atoms with Crippen LogP contribution in [-0.2, 0) is 20.1 Å². The molecule has 3 nitrogen and oxygen atoms in total. The molecule has 2 rings (SSSR count). The molecule has 0 aromatic heterocycles. The maximum Gasteiger partial charge on any atom is 0.330 e. The average Bonchev–Trinajstić information content (AvgIpc) is 2.78. The molecule has 0 aliphatic heterocycles. The van der Waals surface area contributed by atoms with E-state index in [2.05, 4.69) is 0 Å².